The van der Waals surface area contributed by atoms with Crippen molar-refractivity contribution in [3.8, 4) is 0 Å². The molecule has 3 aromatic rings. The zero-order valence-corrected chi connectivity index (χ0v) is 18.4. The number of unbranched alkanes of at least 4 members (excludes halogenated alkanes) is 2. The van der Waals surface area contributed by atoms with Crippen LogP contribution in [0.1, 0.15) is 50.5 Å². The fourth-order valence-electron chi connectivity index (χ4n) is 4.47. The lowest BCUT2D eigenvalue weighted by atomic mass is 9.89. The number of benzene rings is 2. The largest absolute Gasteiger partial charge is 0.330 e. The number of para-hydroxylation sites is 1. The van der Waals surface area contributed by atoms with Crippen molar-refractivity contribution in [3.05, 3.63) is 65.3 Å². The monoisotopic (exact) mass is 423 g/mol. The molecule has 0 bridgehead atoms. The summed E-state index contributed by atoms with van der Waals surface area (Å²) >= 11 is 5.96. The molecule has 0 spiro atoms. The summed E-state index contributed by atoms with van der Waals surface area (Å²) in [7, 11) is 0. The molecule has 1 amide bonds. The van der Waals surface area contributed by atoms with Crippen LogP contribution in [0.3, 0.4) is 0 Å². The van der Waals surface area contributed by atoms with Crippen molar-refractivity contribution in [2.75, 3.05) is 25.0 Å². The number of likely N-dealkylation sites (tertiary alicyclic amines) is 1. The van der Waals surface area contributed by atoms with Crippen LogP contribution in [0.25, 0.3) is 10.9 Å². The van der Waals surface area contributed by atoms with Crippen molar-refractivity contribution in [2.24, 2.45) is 0 Å². The van der Waals surface area contributed by atoms with Gasteiger partial charge in [0.15, 0.2) is 0 Å². The summed E-state index contributed by atoms with van der Waals surface area (Å²) in [5.74, 6) is 0.502. The second-order valence-electron chi connectivity index (χ2n) is 8.23. The minimum atomic E-state index is -0.142. The highest BCUT2D eigenvalue weighted by molar-refractivity contribution is 6.30. The van der Waals surface area contributed by atoms with Gasteiger partial charge >= 0.3 is 6.03 Å². The van der Waals surface area contributed by atoms with Gasteiger partial charge in [0.1, 0.15) is 0 Å². The van der Waals surface area contributed by atoms with Gasteiger partial charge in [0, 0.05) is 22.3 Å². The van der Waals surface area contributed by atoms with Crippen molar-refractivity contribution < 1.29 is 4.79 Å². The van der Waals surface area contributed by atoms with Crippen LogP contribution >= 0.6 is 11.6 Å². The number of hydrogen-bond acceptors (Lipinski definition) is 2. The number of carbonyl (C=O) groups excluding carboxylic acids is 1. The zero-order chi connectivity index (χ0) is 20.9. The van der Waals surface area contributed by atoms with Crippen LogP contribution in [-0.4, -0.2) is 35.1 Å². The Balaban J connectivity index is 1.51. The van der Waals surface area contributed by atoms with E-state index in [1.165, 1.54) is 36.8 Å². The molecule has 4 rings (SSSR count). The highest BCUT2D eigenvalue weighted by Crippen LogP contribution is 2.34. The SMILES string of the molecule is CCCCCN1CCC(c2cn(C(=O)Nc3ccc(Cl)cc3)c3ccccc23)CC1. The number of hydrogen-bond donors (Lipinski definition) is 1. The minimum Gasteiger partial charge on any atom is -0.307 e. The summed E-state index contributed by atoms with van der Waals surface area (Å²) in [5, 5.41) is 4.83. The fraction of sp³-hybridized carbons (Fsp3) is 0.400. The molecule has 158 valence electrons. The summed E-state index contributed by atoms with van der Waals surface area (Å²) < 4.78 is 1.76. The van der Waals surface area contributed by atoms with Crippen molar-refractivity contribution in [2.45, 2.75) is 44.9 Å². The predicted octanol–water partition coefficient (Wildman–Crippen LogP) is 6.74. The van der Waals surface area contributed by atoms with Crippen LogP contribution in [0.2, 0.25) is 5.02 Å². The van der Waals surface area contributed by atoms with Crippen LogP contribution in [-0.2, 0) is 0 Å². The number of piperidine rings is 1. The van der Waals surface area contributed by atoms with E-state index in [0.29, 0.717) is 10.9 Å². The molecule has 30 heavy (non-hydrogen) atoms. The first-order valence-electron chi connectivity index (χ1n) is 11.0. The van der Waals surface area contributed by atoms with Gasteiger partial charge in [-0.25, -0.2) is 4.79 Å². The van der Waals surface area contributed by atoms with Crippen molar-refractivity contribution in [1.29, 1.82) is 0 Å². The molecule has 0 atom stereocenters. The molecule has 1 N–H and O–H groups in total. The second-order valence-corrected chi connectivity index (χ2v) is 8.67. The number of nitrogens with one attached hydrogen (secondary N) is 1. The van der Waals surface area contributed by atoms with Gasteiger partial charge < -0.3 is 10.2 Å². The van der Waals surface area contributed by atoms with Gasteiger partial charge in [0.25, 0.3) is 0 Å². The van der Waals surface area contributed by atoms with Crippen molar-refractivity contribution >= 4 is 34.2 Å². The maximum absolute atomic E-state index is 13.0. The molecule has 0 radical (unpaired) electrons. The molecule has 5 heteroatoms. The average molecular weight is 424 g/mol. The van der Waals surface area contributed by atoms with E-state index >= 15 is 0 Å². The van der Waals surface area contributed by atoms with E-state index in [9.17, 15) is 4.79 Å². The van der Waals surface area contributed by atoms with Crippen molar-refractivity contribution in [1.82, 2.24) is 9.47 Å². The Labute approximate surface area is 183 Å². The van der Waals surface area contributed by atoms with Crippen LogP contribution in [0.4, 0.5) is 10.5 Å². The van der Waals surface area contributed by atoms with Gasteiger partial charge in [-0.15, -0.1) is 0 Å². The fourth-order valence-corrected chi connectivity index (χ4v) is 4.60. The van der Waals surface area contributed by atoms with Gasteiger partial charge in [-0.2, -0.15) is 0 Å². The number of anilines is 1. The zero-order valence-electron chi connectivity index (χ0n) is 17.6. The molecule has 1 aliphatic heterocycles. The molecule has 1 saturated heterocycles. The van der Waals surface area contributed by atoms with Crippen LogP contribution in [0.5, 0.6) is 0 Å². The van der Waals surface area contributed by atoms with E-state index in [1.54, 1.807) is 16.7 Å². The van der Waals surface area contributed by atoms with Crippen LogP contribution in [0.15, 0.2) is 54.7 Å². The summed E-state index contributed by atoms with van der Waals surface area (Å²) in [6, 6.07) is 15.3. The molecule has 1 fully saturated rings. The number of aromatic nitrogens is 1. The first kappa shape index (κ1) is 21.0. The third-order valence-electron chi connectivity index (χ3n) is 6.16. The van der Waals surface area contributed by atoms with Gasteiger partial charge in [-0.1, -0.05) is 49.6 Å². The molecule has 4 nitrogen and oxygen atoms in total. The van der Waals surface area contributed by atoms with E-state index in [0.717, 1.165) is 37.1 Å². The lowest BCUT2D eigenvalue weighted by Gasteiger charge is -2.32. The van der Waals surface area contributed by atoms with Gasteiger partial charge in [-0.3, -0.25) is 4.57 Å². The van der Waals surface area contributed by atoms with E-state index in [-0.39, 0.29) is 6.03 Å². The maximum Gasteiger partial charge on any atom is 0.330 e. The quantitative estimate of drug-likeness (QED) is 0.445. The molecule has 2 aromatic carbocycles. The molecule has 0 unspecified atom stereocenters. The molecule has 2 heterocycles. The number of fused-ring (bicyclic) bond motifs is 1. The lowest BCUT2D eigenvalue weighted by molar-refractivity contribution is 0.209. The van der Waals surface area contributed by atoms with E-state index in [1.807, 2.05) is 30.5 Å². The Morgan fingerprint density at radius 2 is 1.80 bits per heavy atom. The van der Waals surface area contributed by atoms with Gasteiger partial charge in [0.05, 0.1) is 5.52 Å². The number of nitrogens with zero attached hydrogens (tertiary/aromatic N) is 2. The van der Waals surface area contributed by atoms with Crippen LogP contribution in [0, 0.1) is 0 Å². The maximum atomic E-state index is 13.0. The second kappa shape index (κ2) is 9.67. The Morgan fingerprint density at radius 1 is 1.07 bits per heavy atom. The first-order chi connectivity index (χ1) is 14.7. The third kappa shape index (κ3) is 4.71. The Hall–Kier alpha value is -2.30. The normalized spacial score (nSPS) is 15.5. The smallest absolute Gasteiger partial charge is 0.307 e. The minimum absolute atomic E-state index is 0.142. The topological polar surface area (TPSA) is 37.3 Å². The summed E-state index contributed by atoms with van der Waals surface area (Å²) in [5.41, 5.74) is 3.00. The van der Waals surface area contributed by atoms with E-state index in [4.69, 9.17) is 11.6 Å². The molecule has 0 aliphatic carbocycles. The molecular formula is C25H30ClN3O. The van der Waals surface area contributed by atoms with Gasteiger partial charge in [-0.05, 0) is 80.7 Å². The summed E-state index contributed by atoms with van der Waals surface area (Å²) in [6.07, 6.45) is 8.24. The first-order valence-corrected chi connectivity index (χ1v) is 11.4. The Kier molecular flexibility index (Phi) is 6.76. The highest BCUT2D eigenvalue weighted by Gasteiger charge is 2.24. The predicted molar refractivity (Wildman–Crippen MR) is 126 cm³/mol. The highest BCUT2D eigenvalue weighted by atomic mass is 35.5. The van der Waals surface area contributed by atoms with Crippen molar-refractivity contribution in [3.63, 3.8) is 0 Å². The Morgan fingerprint density at radius 3 is 2.53 bits per heavy atom. The Bertz CT molecular complexity index is 987. The number of carbonyl (C=O) groups is 1. The van der Waals surface area contributed by atoms with E-state index in [2.05, 4.69) is 29.3 Å². The summed E-state index contributed by atoms with van der Waals surface area (Å²) in [6.45, 7) is 5.76. The standard InChI is InChI=1S/C25H30ClN3O/c1-2-3-6-15-28-16-13-19(14-17-28)23-18-29(24-8-5-4-7-22(23)24)25(30)27-21-11-9-20(26)10-12-21/h4-5,7-12,18-19H,2-3,6,13-17H2,1H3,(H,27,30). The molecular weight excluding hydrogens is 394 g/mol. The number of rotatable bonds is 6. The third-order valence-corrected chi connectivity index (χ3v) is 6.41. The molecule has 0 saturated carbocycles. The van der Waals surface area contributed by atoms with Crippen LogP contribution < -0.4 is 5.32 Å². The number of halogens is 1. The number of amides is 1. The molecule has 1 aliphatic rings. The lowest BCUT2D eigenvalue weighted by Crippen LogP contribution is -2.33. The molecule has 1 aromatic heterocycles. The summed E-state index contributed by atoms with van der Waals surface area (Å²) in [4.78, 5) is 15.6. The van der Waals surface area contributed by atoms with Gasteiger partial charge in [0.2, 0.25) is 0 Å². The van der Waals surface area contributed by atoms with E-state index < -0.39 is 0 Å². The average Bonchev–Trinajstić information content (AvgIpc) is 3.16.